The van der Waals surface area contributed by atoms with E-state index < -0.39 is 0 Å². The predicted molar refractivity (Wildman–Crippen MR) is 103 cm³/mol. The highest BCUT2D eigenvalue weighted by Gasteiger charge is 2.28. The third-order valence-corrected chi connectivity index (χ3v) is 5.70. The molecule has 1 aliphatic rings. The zero-order valence-electron chi connectivity index (χ0n) is 14.1. The molecule has 2 atom stereocenters. The number of anilines is 1. The molecule has 138 valence electrons. The van der Waals surface area contributed by atoms with E-state index >= 15 is 0 Å². The van der Waals surface area contributed by atoms with E-state index in [4.69, 9.17) is 26.5 Å². The van der Waals surface area contributed by atoms with E-state index in [1.165, 1.54) is 18.1 Å². The van der Waals surface area contributed by atoms with Crippen molar-refractivity contribution < 1.29 is 9.15 Å². The summed E-state index contributed by atoms with van der Waals surface area (Å²) < 4.78 is 13.8. The molecule has 0 amide bonds. The fraction of sp³-hybridized carbons (Fsp3) is 0.294. The number of ether oxygens (including phenoxy) is 1. The fourth-order valence-corrected chi connectivity index (χ4v) is 4.25. The summed E-state index contributed by atoms with van der Waals surface area (Å²) in [5.74, 6) is 1.13. The minimum absolute atomic E-state index is 0.0928. The number of aromatic nitrogens is 5. The lowest BCUT2D eigenvalue weighted by molar-refractivity contribution is 0.0152. The van der Waals surface area contributed by atoms with E-state index in [0.29, 0.717) is 27.2 Å². The molecule has 8 nitrogen and oxygen atoms in total. The van der Waals surface area contributed by atoms with Crippen molar-refractivity contribution in [2.24, 2.45) is 0 Å². The highest BCUT2D eigenvalue weighted by Crippen LogP contribution is 2.34. The Balaban J connectivity index is 1.27. The number of fused-ring (bicyclic) bond motifs is 2. The minimum Gasteiger partial charge on any atom is -0.431 e. The van der Waals surface area contributed by atoms with Gasteiger partial charge in [-0.3, -0.25) is 4.57 Å². The Morgan fingerprint density at radius 1 is 1.26 bits per heavy atom. The molecule has 1 fully saturated rings. The van der Waals surface area contributed by atoms with Gasteiger partial charge in [0.15, 0.2) is 17.0 Å². The number of rotatable bonds is 4. The topological polar surface area (TPSA) is 105 Å². The first-order valence-electron chi connectivity index (χ1n) is 8.45. The van der Waals surface area contributed by atoms with E-state index in [1.807, 2.05) is 10.6 Å². The average Bonchev–Trinajstić information content (AvgIpc) is 3.37. The van der Waals surface area contributed by atoms with Gasteiger partial charge in [-0.1, -0.05) is 23.4 Å². The third kappa shape index (κ3) is 3.11. The van der Waals surface area contributed by atoms with Crippen LogP contribution < -0.4 is 5.73 Å². The summed E-state index contributed by atoms with van der Waals surface area (Å²) in [5.41, 5.74) is 8.64. The van der Waals surface area contributed by atoms with E-state index in [1.54, 1.807) is 18.5 Å². The van der Waals surface area contributed by atoms with Crippen LogP contribution in [0.5, 0.6) is 0 Å². The number of hydrogen-bond acceptors (Lipinski definition) is 8. The number of benzene rings is 1. The zero-order valence-corrected chi connectivity index (χ0v) is 15.7. The van der Waals surface area contributed by atoms with Gasteiger partial charge in [0.05, 0.1) is 12.4 Å². The van der Waals surface area contributed by atoms with Crippen molar-refractivity contribution in [3.8, 4) is 0 Å². The Hall–Kier alpha value is -2.36. The van der Waals surface area contributed by atoms with Gasteiger partial charge in [-0.25, -0.2) is 19.9 Å². The Kier molecular flexibility index (Phi) is 4.14. The van der Waals surface area contributed by atoms with E-state index in [9.17, 15) is 0 Å². The van der Waals surface area contributed by atoms with Gasteiger partial charge in [0.25, 0.3) is 5.22 Å². The molecular weight excluding hydrogens is 388 g/mol. The molecule has 10 heteroatoms. The van der Waals surface area contributed by atoms with Gasteiger partial charge in [-0.2, -0.15) is 0 Å². The summed E-state index contributed by atoms with van der Waals surface area (Å²) in [5, 5.41) is 1.26. The molecule has 2 unspecified atom stereocenters. The molecule has 27 heavy (non-hydrogen) atoms. The lowest BCUT2D eigenvalue weighted by Crippen LogP contribution is -2.13. The van der Waals surface area contributed by atoms with Crippen molar-refractivity contribution in [2.45, 2.75) is 30.4 Å². The molecule has 5 rings (SSSR count). The van der Waals surface area contributed by atoms with Crippen molar-refractivity contribution in [3.63, 3.8) is 0 Å². The number of nitrogens with zero attached hydrogens (tertiary/aromatic N) is 5. The lowest BCUT2D eigenvalue weighted by Gasteiger charge is -2.14. The van der Waals surface area contributed by atoms with Crippen LogP contribution in [-0.2, 0) is 4.74 Å². The summed E-state index contributed by atoms with van der Waals surface area (Å²) in [7, 11) is 0. The fourth-order valence-electron chi connectivity index (χ4n) is 3.20. The number of imidazole rings is 1. The summed E-state index contributed by atoms with van der Waals surface area (Å²) in [4.78, 5) is 17.0. The number of thioether (sulfide) groups is 1. The Bertz CT molecular complexity index is 1130. The van der Waals surface area contributed by atoms with Crippen LogP contribution in [0.3, 0.4) is 0 Å². The highest BCUT2D eigenvalue weighted by molar-refractivity contribution is 7.99. The molecule has 1 saturated heterocycles. The van der Waals surface area contributed by atoms with E-state index in [0.717, 1.165) is 29.7 Å². The van der Waals surface area contributed by atoms with E-state index in [2.05, 4.69) is 19.9 Å². The maximum absolute atomic E-state index is 6.18. The molecule has 0 spiro atoms. The number of nitrogens with two attached hydrogens (primary N) is 1. The maximum atomic E-state index is 6.18. The number of hydrogen-bond donors (Lipinski definition) is 1. The van der Waals surface area contributed by atoms with Crippen LogP contribution in [0.25, 0.3) is 22.3 Å². The van der Waals surface area contributed by atoms with Crippen molar-refractivity contribution in [3.05, 3.63) is 35.9 Å². The van der Waals surface area contributed by atoms with Crippen molar-refractivity contribution in [1.29, 1.82) is 0 Å². The summed E-state index contributed by atoms with van der Waals surface area (Å²) >= 11 is 7.53. The van der Waals surface area contributed by atoms with Crippen molar-refractivity contribution in [1.82, 2.24) is 24.5 Å². The van der Waals surface area contributed by atoms with Crippen molar-refractivity contribution >= 4 is 51.4 Å². The normalized spacial score (nSPS) is 20.0. The number of halogens is 1. The predicted octanol–water partition coefficient (Wildman–Crippen LogP) is 3.67. The van der Waals surface area contributed by atoms with Gasteiger partial charge in [-0.05, 0) is 31.0 Å². The van der Waals surface area contributed by atoms with Crippen LogP contribution in [0, 0.1) is 0 Å². The smallest absolute Gasteiger partial charge is 0.256 e. The monoisotopic (exact) mass is 402 g/mol. The first kappa shape index (κ1) is 16.8. The molecule has 0 aliphatic carbocycles. The lowest BCUT2D eigenvalue weighted by atomic mass is 10.2. The van der Waals surface area contributed by atoms with Gasteiger partial charge in [0.1, 0.15) is 23.6 Å². The standard InChI is InChI=1S/C17H15ClN6O2S/c18-9-1-3-12-11(5-9)23-17(26-12)27-6-10-2-4-13(25-10)24-8-22-14-15(19)20-7-21-16(14)24/h1,3,5,7-8,10,13H,2,4,6H2,(H2,19,20,21). The summed E-state index contributed by atoms with van der Waals surface area (Å²) in [6.45, 7) is 0. The Morgan fingerprint density at radius 3 is 3.11 bits per heavy atom. The molecule has 0 bridgehead atoms. The van der Waals surface area contributed by atoms with Gasteiger partial charge in [-0.15, -0.1) is 0 Å². The first-order chi connectivity index (χ1) is 13.2. The van der Waals surface area contributed by atoms with Gasteiger partial charge < -0.3 is 14.9 Å². The van der Waals surface area contributed by atoms with Crippen LogP contribution >= 0.6 is 23.4 Å². The van der Waals surface area contributed by atoms with Gasteiger partial charge >= 0.3 is 0 Å². The molecular formula is C17H15ClN6O2S. The van der Waals surface area contributed by atoms with Crippen LogP contribution in [-0.4, -0.2) is 36.4 Å². The summed E-state index contributed by atoms with van der Waals surface area (Å²) in [6.07, 6.45) is 4.94. The molecule has 1 aromatic carbocycles. The Morgan fingerprint density at radius 2 is 2.19 bits per heavy atom. The van der Waals surface area contributed by atoms with Crippen LogP contribution in [0.1, 0.15) is 19.1 Å². The molecule has 3 aromatic heterocycles. The van der Waals surface area contributed by atoms with Crippen LogP contribution in [0.2, 0.25) is 5.02 Å². The zero-order chi connectivity index (χ0) is 18.4. The molecule has 0 saturated carbocycles. The SMILES string of the molecule is Nc1ncnc2c1ncn2C1CCC(CSc2nc3cc(Cl)ccc3o2)O1. The second-order valence-electron chi connectivity index (χ2n) is 6.28. The largest absolute Gasteiger partial charge is 0.431 e. The number of nitrogen functional groups attached to an aromatic ring is 1. The van der Waals surface area contributed by atoms with Gasteiger partial charge in [0.2, 0.25) is 0 Å². The highest BCUT2D eigenvalue weighted by atomic mass is 35.5. The molecule has 0 radical (unpaired) electrons. The quantitative estimate of drug-likeness (QED) is 0.515. The maximum Gasteiger partial charge on any atom is 0.256 e. The minimum atomic E-state index is -0.114. The molecule has 4 aromatic rings. The van der Waals surface area contributed by atoms with Crippen LogP contribution in [0.15, 0.2) is 40.5 Å². The first-order valence-corrected chi connectivity index (χ1v) is 9.81. The third-order valence-electron chi connectivity index (χ3n) is 4.51. The molecule has 4 heterocycles. The molecule has 1 aliphatic heterocycles. The Labute approximate surface area is 163 Å². The number of oxazole rings is 1. The van der Waals surface area contributed by atoms with E-state index in [-0.39, 0.29) is 12.3 Å². The van der Waals surface area contributed by atoms with Crippen LogP contribution in [0.4, 0.5) is 5.82 Å². The second kappa shape index (κ2) is 6.66. The average molecular weight is 403 g/mol. The summed E-state index contributed by atoms with van der Waals surface area (Å²) in [6, 6.07) is 5.42. The molecule has 2 N–H and O–H groups in total. The van der Waals surface area contributed by atoms with Crippen molar-refractivity contribution in [2.75, 3.05) is 11.5 Å². The second-order valence-corrected chi connectivity index (χ2v) is 7.68. The van der Waals surface area contributed by atoms with Gasteiger partial charge in [0, 0.05) is 10.8 Å².